The molecule has 0 heterocycles. The summed E-state index contributed by atoms with van der Waals surface area (Å²) in [4.78, 5) is 0. The summed E-state index contributed by atoms with van der Waals surface area (Å²) in [6, 6.07) is 0. The molecule has 0 nitrogen and oxygen atoms in total. The van der Waals surface area contributed by atoms with E-state index in [-0.39, 0.29) is 5.41 Å². The zero-order valence-corrected chi connectivity index (χ0v) is 9.65. The first-order valence-electron chi connectivity index (χ1n) is 5.16. The van der Waals surface area contributed by atoms with Crippen molar-refractivity contribution in [1.82, 2.24) is 0 Å². The summed E-state index contributed by atoms with van der Waals surface area (Å²) in [5, 5.41) is 0. The van der Waals surface area contributed by atoms with Crippen LogP contribution in [-0.4, -0.2) is 0 Å². The first-order valence-corrected chi connectivity index (χ1v) is 5.16. The van der Waals surface area contributed by atoms with E-state index in [4.69, 9.17) is 0 Å². The summed E-state index contributed by atoms with van der Waals surface area (Å²) in [6.45, 7) is 18.0. The molecule has 0 spiro atoms. The Hall–Kier alpha value is 0. The van der Waals surface area contributed by atoms with E-state index >= 15 is 0 Å². The van der Waals surface area contributed by atoms with Crippen LogP contribution in [0.5, 0.6) is 0 Å². The molecule has 73 valence electrons. The number of hydrogen-bond donors (Lipinski definition) is 0. The average molecular weight is 169 g/mol. The van der Waals surface area contributed by atoms with Gasteiger partial charge in [0.25, 0.3) is 0 Å². The Morgan fingerprint density at radius 1 is 1.17 bits per heavy atom. The van der Waals surface area contributed by atoms with Gasteiger partial charge in [0.2, 0.25) is 0 Å². The quantitative estimate of drug-likeness (QED) is 0.592. The van der Waals surface area contributed by atoms with E-state index in [0.717, 1.165) is 11.8 Å². The van der Waals surface area contributed by atoms with E-state index in [1.165, 1.54) is 6.42 Å². The number of rotatable bonds is 4. The van der Waals surface area contributed by atoms with Gasteiger partial charge in [-0.2, -0.15) is 0 Å². The van der Waals surface area contributed by atoms with Crippen molar-refractivity contribution in [3.8, 4) is 0 Å². The maximum Gasteiger partial charge on any atom is -0.0326 e. The molecular weight excluding hydrogens is 144 g/mol. The molecule has 0 amide bonds. The van der Waals surface area contributed by atoms with Crippen molar-refractivity contribution >= 4 is 0 Å². The minimum atomic E-state index is 0.213. The van der Waals surface area contributed by atoms with Gasteiger partial charge in [-0.3, -0.25) is 0 Å². The maximum absolute atomic E-state index is 4.22. The second-order valence-electron chi connectivity index (χ2n) is 5.09. The largest absolute Gasteiger partial charge is 0.0651 e. The van der Waals surface area contributed by atoms with Crippen molar-refractivity contribution in [1.29, 1.82) is 0 Å². The number of hydrogen-bond acceptors (Lipinski definition) is 0. The van der Waals surface area contributed by atoms with Crippen LogP contribution in [0.3, 0.4) is 0 Å². The first-order chi connectivity index (χ1) is 5.30. The molecule has 0 aromatic heterocycles. The van der Waals surface area contributed by atoms with Crippen molar-refractivity contribution in [2.24, 2.45) is 23.2 Å². The van der Waals surface area contributed by atoms with E-state index in [9.17, 15) is 0 Å². The summed E-state index contributed by atoms with van der Waals surface area (Å²) in [5.41, 5.74) is 0.213. The van der Waals surface area contributed by atoms with Crippen LogP contribution in [0.25, 0.3) is 0 Å². The minimum absolute atomic E-state index is 0.213. The lowest BCUT2D eigenvalue weighted by Crippen LogP contribution is -2.28. The lowest BCUT2D eigenvalue weighted by molar-refractivity contribution is 0.156. The lowest BCUT2D eigenvalue weighted by Gasteiger charge is -2.36. The monoisotopic (exact) mass is 169 g/mol. The minimum Gasteiger partial charge on any atom is -0.0651 e. The fourth-order valence-electron chi connectivity index (χ4n) is 1.98. The van der Waals surface area contributed by atoms with Crippen molar-refractivity contribution in [3.05, 3.63) is 6.92 Å². The topological polar surface area (TPSA) is 0 Å². The molecule has 0 saturated heterocycles. The average Bonchev–Trinajstić information content (AvgIpc) is 1.86. The van der Waals surface area contributed by atoms with Crippen molar-refractivity contribution in [2.75, 3.05) is 0 Å². The van der Waals surface area contributed by atoms with Gasteiger partial charge in [-0.1, -0.05) is 48.0 Å². The fraction of sp³-hybridized carbons (Fsp3) is 0.917. The van der Waals surface area contributed by atoms with Crippen LogP contribution in [-0.2, 0) is 0 Å². The molecular formula is C12H25. The molecule has 0 N–H and O–H groups in total. The van der Waals surface area contributed by atoms with Gasteiger partial charge in [0.1, 0.15) is 0 Å². The van der Waals surface area contributed by atoms with Crippen LogP contribution in [0.1, 0.15) is 48.0 Å². The lowest BCUT2D eigenvalue weighted by atomic mass is 9.69. The van der Waals surface area contributed by atoms with Gasteiger partial charge in [0, 0.05) is 0 Å². The van der Waals surface area contributed by atoms with E-state index in [2.05, 4.69) is 48.5 Å². The van der Waals surface area contributed by atoms with Gasteiger partial charge in [0.15, 0.2) is 0 Å². The van der Waals surface area contributed by atoms with Gasteiger partial charge in [-0.05, 0) is 30.1 Å². The maximum atomic E-state index is 4.22. The summed E-state index contributed by atoms with van der Waals surface area (Å²) in [6.07, 6.45) is 1.28. The standard InChI is InChI=1S/C12H25/c1-8-11(9(2)3)10(4)12(5,6)7/h9-11H,5,8H2,1-4,6-7H3. The molecule has 0 aliphatic rings. The Kier molecular flexibility index (Phi) is 4.30. The molecule has 0 fully saturated rings. The highest BCUT2D eigenvalue weighted by Gasteiger charge is 2.28. The second-order valence-corrected chi connectivity index (χ2v) is 5.09. The van der Waals surface area contributed by atoms with Gasteiger partial charge in [-0.25, -0.2) is 0 Å². The molecule has 0 bridgehead atoms. The molecule has 12 heavy (non-hydrogen) atoms. The Labute approximate surface area is 78.8 Å². The third-order valence-electron chi connectivity index (χ3n) is 3.20. The summed E-state index contributed by atoms with van der Waals surface area (Å²) >= 11 is 0. The van der Waals surface area contributed by atoms with Crippen molar-refractivity contribution < 1.29 is 0 Å². The van der Waals surface area contributed by atoms with E-state index in [0.29, 0.717) is 5.92 Å². The highest BCUT2D eigenvalue weighted by Crippen LogP contribution is 2.36. The summed E-state index contributed by atoms with van der Waals surface area (Å²) in [7, 11) is 0. The van der Waals surface area contributed by atoms with Crippen molar-refractivity contribution in [3.63, 3.8) is 0 Å². The Balaban J connectivity index is 4.32. The molecule has 0 heteroatoms. The molecule has 0 rings (SSSR count). The molecule has 0 aromatic rings. The summed E-state index contributed by atoms with van der Waals surface area (Å²) < 4.78 is 0. The molecule has 2 unspecified atom stereocenters. The van der Waals surface area contributed by atoms with Crippen LogP contribution in [0.2, 0.25) is 0 Å². The predicted molar refractivity (Wildman–Crippen MR) is 56.9 cm³/mol. The molecule has 0 saturated carbocycles. The third kappa shape index (κ3) is 3.16. The highest BCUT2D eigenvalue weighted by atomic mass is 14.3. The fourth-order valence-corrected chi connectivity index (χ4v) is 1.98. The molecule has 1 radical (unpaired) electrons. The van der Waals surface area contributed by atoms with Gasteiger partial charge in [0.05, 0.1) is 0 Å². The highest BCUT2D eigenvalue weighted by molar-refractivity contribution is 4.83. The second kappa shape index (κ2) is 4.30. The zero-order chi connectivity index (χ0) is 9.94. The van der Waals surface area contributed by atoms with Crippen LogP contribution < -0.4 is 0 Å². The molecule has 0 aliphatic heterocycles. The third-order valence-corrected chi connectivity index (χ3v) is 3.20. The van der Waals surface area contributed by atoms with Crippen LogP contribution in [0.4, 0.5) is 0 Å². The smallest absolute Gasteiger partial charge is 0.0326 e. The SMILES string of the molecule is [CH2]C(C)(C)C(C)C(CC)C(C)C. The van der Waals surface area contributed by atoms with E-state index in [1.54, 1.807) is 0 Å². The van der Waals surface area contributed by atoms with Crippen LogP contribution in [0, 0.1) is 30.1 Å². The molecule has 2 atom stereocenters. The Bertz CT molecular complexity index is 116. The van der Waals surface area contributed by atoms with Gasteiger partial charge in [-0.15, -0.1) is 0 Å². The van der Waals surface area contributed by atoms with Crippen molar-refractivity contribution in [2.45, 2.75) is 48.0 Å². The van der Waals surface area contributed by atoms with Crippen LogP contribution in [0.15, 0.2) is 0 Å². The van der Waals surface area contributed by atoms with Gasteiger partial charge < -0.3 is 0 Å². The normalized spacial score (nSPS) is 18.0. The van der Waals surface area contributed by atoms with Crippen LogP contribution >= 0.6 is 0 Å². The molecule has 0 aliphatic carbocycles. The zero-order valence-electron chi connectivity index (χ0n) is 9.65. The van der Waals surface area contributed by atoms with E-state index in [1.807, 2.05) is 0 Å². The first kappa shape index (κ1) is 12.0. The summed E-state index contributed by atoms with van der Waals surface area (Å²) in [5.74, 6) is 2.31. The molecule has 0 aromatic carbocycles. The predicted octanol–water partition coefficient (Wildman–Crippen LogP) is 4.16. The Morgan fingerprint density at radius 3 is 1.67 bits per heavy atom. The van der Waals surface area contributed by atoms with Gasteiger partial charge >= 0.3 is 0 Å². The van der Waals surface area contributed by atoms with E-state index < -0.39 is 0 Å². The Morgan fingerprint density at radius 2 is 1.58 bits per heavy atom.